The number of nitriles is 1. The molecular formula is C19H20N2O4. The molecule has 1 heterocycles. The lowest BCUT2D eigenvalue weighted by Crippen LogP contribution is -2.33. The first kappa shape index (κ1) is 16.9. The fraction of sp³-hybridized carbons (Fsp3) is 0.368. The van der Waals surface area contributed by atoms with Gasteiger partial charge in [-0.1, -0.05) is 19.9 Å². The Morgan fingerprint density at radius 2 is 2.12 bits per heavy atom. The number of rotatable bonds is 2. The molecule has 130 valence electrons. The van der Waals surface area contributed by atoms with Crippen molar-refractivity contribution in [3.8, 4) is 17.6 Å². The molecule has 1 aromatic carbocycles. The normalized spacial score (nSPS) is 22.2. The van der Waals surface area contributed by atoms with Crippen LogP contribution in [-0.2, 0) is 9.53 Å². The number of allylic oxidation sites excluding steroid dienone is 3. The van der Waals surface area contributed by atoms with E-state index in [-0.39, 0.29) is 34.2 Å². The molecule has 0 aromatic heterocycles. The summed E-state index contributed by atoms with van der Waals surface area (Å²) < 4.78 is 10.8. The monoisotopic (exact) mass is 340 g/mol. The highest BCUT2D eigenvalue weighted by atomic mass is 16.5. The Kier molecular flexibility index (Phi) is 3.96. The lowest BCUT2D eigenvalue weighted by molar-refractivity contribution is -0.119. The summed E-state index contributed by atoms with van der Waals surface area (Å²) in [6.07, 6.45) is 0.943. The summed E-state index contributed by atoms with van der Waals surface area (Å²) >= 11 is 0. The first-order chi connectivity index (χ1) is 11.8. The van der Waals surface area contributed by atoms with E-state index in [2.05, 4.69) is 6.07 Å². The first-order valence-corrected chi connectivity index (χ1v) is 7.98. The van der Waals surface area contributed by atoms with Crippen LogP contribution in [0.15, 0.2) is 41.0 Å². The van der Waals surface area contributed by atoms with Gasteiger partial charge in [-0.3, -0.25) is 4.79 Å². The second kappa shape index (κ2) is 5.85. The second-order valence-corrected chi connectivity index (χ2v) is 7.13. The van der Waals surface area contributed by atoms with Gasteiger partial charge in [-0.05, 0) is 23.1 Å². The molecule has 3 N–H and O–H groups in total. The average Bonchev–Trinajstić information content (AvgIpc) is 2.53. The Bertz CT molecular complexity index is 859. The van der Waals surface area contributed by atoms with Crippen LogP contribution in [0.4, 0.5) is 0 Å². The molecule has 0 radical (unpaired) electrons. The lowest BCUT2D eigenvalue weighted by Gasteiger charge is -2.37. The molecular weight excluding hydrogens is 320 g/mol. The minimum absolute atomic E-state index is 0.0147. The maximum Gasteiger partial charge on any atom is 0.205 e. The quantitative estimate of drug-likeness (QED) is 0.857. The third-order valence-electron chi connectivity index (χ3n) is 4.61. The molecule has 1 aromatic rings. The highest BCUT2D eigenvalue weighted by Crippen LogP contribution is 2.48. The fourth-order valence-corrected chi connectivity index (χ4v) is 3.49. The molecule has 6 heteroatoms. The second-order valence-electron chi connectivity index (χ2n) is 7.13. The number of phenols is 1. The van der Waals surface area contributed by atoms with Crippen LogP contribution in [0.5, 0.6) is 11.5 Å². The van der Waals surface area contributed by atoms with Gasteiger partial charge in [-0.15, -0.1) is 0 Å². The van der Waals surface area contributed by atoms with E-state index in [1.54, 1.807) is 12.1 Å². The zero-order chi connectivity index (χ0) is 18.4. The minimum atomic E-state index is -0.619. The van der Waals surface area contributed by atoms with E-state index in [4.69, 9.17) is 15.2 Å². The van der Waals surface area contributed by atoms with Crippen molar-refractivity contribution in [3.05, 3.63) is 46.6 Å². The molecule has 0 amide bonds. The number of nitrogens with two attached hydrogens (primary N) is 1. The Morgan fingerprint density at radius 1 is 1.40 bits per heavy atom. The molecule has 0 saturated carbocycles. The van der Waals surface area contributed by atoms with Crippen molar-refractivity contribution in [1.29, 1.82) is 5.26 Å². The molecule has 0 bridgehead atoms. The van der Waals surface area contributed by atoms with E-state index < -0.39 is 5.92 Å². The molecule has 1 atom stereocenters. The van der Waals surface area contributed by atoms with Crippen molar-refractivity contribution in [2.24, 2.45) is 11.1 Å². The van der Waals surface area contributed by atoms with Crippen LogP contribution >= 0.6 is 0 Å². The number of hydrogen-bond donors (Lipinski definition) is 2. The number of ketones is 1. The Morgan fingerprint density at radius 3 is 2.76 bits per heavy atom. The van der Waals surface area contributed by atoms with Crippen LogP contribution in [0.3, 0.4) is 0 Å². The van der Waals surface area contributed by atoms with Crippen molar-refractivity contribution in [2.75, 3.05) is 7.11 Å². The van der Waals surface area contributed by atoms with Crippen molar-refractivity contribution < 1.29 is 19.4 Å². The Labute approximate surface area is 146 Å². The summed E-state index contributed by atoms with van der Waals surface area (Å²) in [6, 6.07) is 6.83. The van der Waals surface area contributed by atoms with Gasteiger partial charge >= 0.3 is 0 Å². The van der Waals surface area contributed by atoms with Gasteiger partial charge < -0.3 is 20.3 Å². The minimum Gasteiger partial charge on any atom is -0.504 e. The average molecular weight is 340 g/mol. The van der Waals surface area contributed by atoms with Crippen LogP contribution in [0.25, 0.3) is 0 Å². The highest BCUT2D eigenvalue weighted by Gasteiger charge is 2.43. The predicted octanol–water partition coefficient (Wildman–Crippen LogP) is 2.85. The summed E-state index contributed by atoms with van der Waals surface area (Å²) in [5.41, 5.74) is 7.06. The van der Waals surface area contributed by atoms with Crippen LogP contribution < -0.4 is 10.5 Å². The van der Waals surface area contributed by atoms with E-state index in [9.17, 15) is 15.2 Å². The number of aromatic hydroxyl groups is 1. The van der Waals surface area contributed by atoms with Gasteiger partial charge in [-0.25, -0.2) is 0 Å². The molecule has 25 heavy (non-hydrogen) atoms. The van der Waals surface area contributed by atoms with Gasteiger partial charge in [0.05, 0.1) is 13.0 Å². The van der Waals surface area contributed by atoms with Crippen molar-refractivity contribution in [2.45, 2.75) is 32.6 Å². The number of hydrogen-bond acceptors (Lipinski definition) is 6. The SMILES string of the molecule is COc1cc([C@@H]2C(C#N)=C(N)OC3=C2C(=O)CC(C)(C)C3)ccc1O. The first-order valence-electron chi connectivity index (χ1n) is 7.98. The highest BCUT2D eigenvalue weighted by molar-refractivity contribution is 6.00. The van der Waals surface area contributed by atoms with Crippen LogP contribution in [0.2, 0.25) is 0 Å². The smallest absolute Gasteiger partial charge is 0.205 e. The number of benzene rings is 1. The van der Waals surface area contributed by atoms with E-state index >= 15 is 0 Å². The zero-order valence-corrected chi connectivity index (χ0v) is 14.4. The largest absolute Gasteiger partial charge is 0.504 e. The summed E-state index contributed by atoms with van der Waals surface area (Å²) in [7, 11) is 1.44. The maximum absolute atomic E-state index is 12.8. The van der Waals surface area contributed by atoms with E-state index in [0.29, 0.717) is 29.7 Å². The van der Waals surface area contributed by atoms with Crippen LogP contribution in [0.1, 0.15) is 38.2 Å². The van der Waals surface area contributed by atoms with Crippen molar-refractivity contribution in [1.82, 2.24) is 0 Å². The van der Waals surface area contributed by atoms with Crippen molar-refractivity contribution >= 4 is 5.78 Å². The maximum atomic E-state index is 12.8. The third kappa shape index (κ3) is 2.82. The number of phenolic OH excluding ortho intramolecular Hbond substituents is 1. The van der Waals surface area contributed by atoms with Gasteiger partial charge in [0.2, 0.25) is 5.88 Å². The van der Waals surface area contributed by atoms with Crippen LogP contribution in [-0.4, -0.2) is 18.0 Å². The Hall–Kier alpha value is -2.94. The van der Waals surface area contributed by atoms with E-state index in [1.165, 1.54) is 13.2 Å². The van der Waals surface area contributed by atoms with Gasteiger partial charge in [0, 0.05) is 18.4 Å². The van der Waals surface area contributed by atoms with Gasteiger partial charge in [0.25, 0.3) is 0 Å². The topological polar surface area (TPSA) is 106 Å². The number of ether oxygens (including phenoxy) is 2. The van der Waals surface area contributed by atoms with Gasteiger partial charge in [0.15, 0.2) is 17.3 Å². The molecule has 0 spiro atoms. The number of Topliss-reactive ketones (excluding diaryl/α,β-unsaturated/α-hetero) is 1. The van der Waals surface area contributed by atoms with Gasteiger partial charge in [-0.2, -0.15) is 5.26 Å². The van der Waals surface area contributed by atoms with Crippen LogP contribution in [0, 0.1) is 16.7 Å². The molecule has 0 unspecified atom stereocenters. The van der Waals surface area contributed by atoms with E-state index in [1.807, 2.05) is 13.8 Å². The number of methoxy groups -OCH3 is 1. The molecule has 3 rings (SSSR count). The standard InChI is InChI=1S/C19H20N2O4/c1-19(2)7-13(23)17-15(8-19)25-18(21)11(9-20)16(17)10-4-5-12(22)14(6-10)24-3/h4-6,16,22H,7-8,21H2,1-3H3/t16-/m1/s1. The summed E-state index contributed by atoms with van der Waals surface area (Å²) in [5.74, 6) is 0.124. The predicted molar refractivity (Wildman–Crippen MR) is 90.4 cm³/mol. The van der Waals surface area contributed by atoms with Crippen molar-refractivity contribution in [3.63, 3.8) is 0 Å². The van der Waals surface area contributed by atoms with E-state index in [0.717, 1.165) is 0 Å². The number of carbonyl (C=O) groups excluding carboxylic acids is 1. The molecule has 0 fully saturated rings. The lowest BCUT2D eigenvalue weighted by atomic mass is 9.70. The third-order valence-corrected chi connectivity index (χ3v) is 4.61. The molecule has 0 saturated heterocycles. The molecule has 1 aliphatic carbocycles. The summed E-state index contributed by atoms with van der Waals surface area (Å²) in [5, 5.41) is 19.4. The summed E-state index contributed by atoms with van der Waals surface area (Å²) in [6.45, 7) is 3.99. The summed E-state index contributed by atoms with van der Waals surface area (Å²) in [4.78, 5) is 12.8. The molecule has 2 aliphatic rings. The molecule has 6 nitrogen and oxygen atoms in total. The number of carbonyl (C=O) groups is 1. The molecule has 1 aliphatic heterocycles. The zero-order valence-electron chi connectivity index (χ0n) is 14.4. The fourth-order valence-electron chi connectivity index (χ4n) is 3.49. The van der Waals surface area contributed by atoms with Gasteiger partial charge in [0.1, 0.15) is 17.4 Å². The number of nitrogens with zero attached hydrogens (tertiary/aromatic N) is 1. The Balaban J connectivity index is 2.19.